The summed E-state index contributed by atoms with van der Waals surface area (Å²) in [6.07, 6.45) is 2.23. The molecular weight excluding hydrogens is 364 g/mol. The molecule has 27 heavy (non-hydrogen) atoms. The van der Waals surface area contributed by atoms with Crippen LogP contribution in [0.2, 0.25) is 0 Å². The highest BCUT2D eigenvalue weighted by Crippen LogP contribution is 2.23. The molecule has 1 aliphatic heterocycles. The molecule has 144 valence electrons. The number of halogens is 1. The summed E-state index contributed by atoms with van der Waals surface area (Å²) < 4.78 is 0. The van der Waals surface area contributed by atoms with Crippen LogP contribution < -0.4 is 16.4 Å². The molecule has 0 bridgehead atoms. The highest BCUT2D eigenvalue weighted by atomic mass is 35.5. The molecule has 6 nitrogen and oxygen atoms in total. The van der Waals surface area contributed by atoms with Crippen molar-refractivity contribution in [2.75, 3.05) is 23.7 Å². The van der Waals surface area contributed by atoms with Crippen LogP contribution in [-0.4, -0.2) is 29.9 Å². The number of nitrogens with two attached hydrogens (primary N) is 1. The zero-order chi connectivity index (χ0) is 18.4. The fourth-order valence-electron chi connectivity index (χ4n) is 3.03. The Balaban J connectivity index is 0.00000261. The van der Waals surface area contributed by atoms with Crippen LogP contribution in [0.1, 0.15) is 30.9 Å². The maximum Gasteiger partial charge on any atom is 0.321 e. The molecule has 3 rings (SSSR count). The molecule has 0 aromatic heterocycles. The Hall–Kier alpha value is -2.57. The largest absolute Gasteiger partial charge is 0.325 e. The first-order valence-corrected chi connectivity index (χ1v) is 8.89. The predicted molar refractivity (Wildman–Crippen MR) is 110 cm³/mol. The Labute approximate surface area is 165 Å². The first kappa shape index (κ1) is 20.7. The average molecular weight is 389 g/mol. The van der Waals surface area contributed by atoms with Gasteiger partial charge >= 0.3 is 6.03 Å². The monoisotopic (exact) mass is 388 g/mol. The van der Waals surface area contributed by atoms with E-state index >= 15 is 0 Å². The van der Waals surface area contributed by atoms with Crippen molar-refractivity contribution in [2.45, 2.75) is 25.3 Å². The second kappa shape index (κ2) is 9.94. The number of carbonyl (C=O) groups is 2. The van der Waals surface area contributed by atoms with Crippen molar-refractivity contribution in [3.63, 3.8) is 0 Å². The molecule has 2 aromatic carbocycles. The van der Waals surface area contributed by atoms with Gasteiger partial charge in [0.15, 0.2) is 0 Å². The number of likely N-dealkylation sites (tertiary alicyclic amines) is 1. The molecule has 4 N–H and O–H groups in total. The van der Waals surface area contributed by atoms with Gasteiger partial charge in [0.1, 0.15) is 0 Å². The summed E-state index contributed by atoms with van der Waals surface area (Å²) in [4.78, 5) is 26.5. The molecule has 1 heterocycles. The summed E-state index contributed by atoms with van der Waals surface area (Å²) in [6, 6.07) is 16.2. The van der Waals surface area contributed by atoms with E-state index in [-0.39, 0.29) is 36.8 Å². The Morgan fingerprint density at radius 2 is 1.48 bits per heavy atom. The molecule has 0 saturated carbocycles. The smallest absolute Gasteiger partial charge is 0.321 e. The third-order valence-corrected chi connectivity index (χ3v) is 4.47. The van der Waals surface area contributed by atoms with Gasteiger partial charge in [-0.05, 0) is 30.5 Å². The first-order valence-electron chi connectivity index (χ1n) is 8.89. The summed E-state index contributed by atoms with van der Waals surface area (Å²) in [7, 11) is 0. The van der Waals surface area contributed by atoms with Gasteiger partial charge < -0.3 is 21.3 Å². The number of nitrogens with one attached hydrogen (secondary N) is 2. The van der Waals surface area contributed by atoms with Crippen molar-refractivity contribution in [1.29, 1.82) is 0 Å². The zero-order valence-electron chi connectivity index (χ0n) is 15.1. The molecular formula is C20H25ClN4O2. The Morgan fingerprint density at radius 1 is 0.926 bits per heavy atom. The van der Waals surface area contributed by atoms with Gasteiger partial charge in [-0.1, -0.05) is 42.5 Å². The van der Waals surface area contributed by atoms with Gasteiger partial charge in [-0.2, -0.15) is 0 Å². The zero-order valence-corrected chi connectivity index (χ0v) is 15.9. The van der Waals surface area contributed by atoms with E-state index in [0.717, 1.165) is 31.5 Å². The molecule has 0 radical (unpaired) electrons. The Kier molecular flexibility index (Phi) is 7.64. The van der Waals surface area contributed by atoms with Crippen LogP contribution in [0.3, 0.4) is 0 Å². The van der Waals surface area contributed by atoms with E-state index in [1.807, 2.05) is 42.5 Å². The molecule has 0 aliphatic carbocycles. The molecule has 2 aromatic rings. The number of hydrogen-bond donors (Lipinski definition) is 3. The van der Waals surface area contributed by atoms with E-state index in [0.29, 0.717) is 11.4 Å². The number of para-hydroxylation sites is 2. The van der Waals surface area contributed by atoms with Crippen molar-refractivity contribution < 1.29 is 9.59 Å². The van der Waals surface area contributed by atoms with E-state index in [1.54, 1.807) is 17.0 Å². The van der Waals surface area contributed by atoms with Crippen molar-refractivity contribution in [1.82, 2.24) is 4.90 Å². The van der Waals surface area contributed by atoms with Gasteiger partial charge in [0, 0.05) is 25.6 Å². The lowest BCUT2D eigenvalue weighted by atomic mass is 10.0. The number of hydrogen-bond acceptors (Lipinski definition) is 3. The third-order valence-electron chi connectivity index (χ3n) is 4.47. The number of nitrogens with zero attached hydrogens (tertiary/aromatic N) is 1. The van der Waals surface area contributed by atoms with Gasteiger partial charge in [-0.3, -0.25) is 4.79 Å². The summed E-state index contributed by atoms with van der Waals surface area (Å²) in [5.41, 5.74) is 8.19. The van der Waals surface area contributed by atoms with Gasteiger partial charge in [0.2, 0.25) is 5.91 Å². The molecule has 1 atom stereocenters. The fourth-order valence-corrected chi connectivity index (χ4v) is 3.03. The average Bonchev–Trinajstić information content (AvgIpc) is 3.19. The van der Waals surface area contributed by atoms with Crippen LogP contribution in [0.4, 0.5) is 16.2 Å². The summed E-state index contributed by atoms with van der Waals surface area (Å²) in [5.74, 6) is -0.191. The van der Waals surface area contributed by atoms with Crippen molar-refractivity contribution in [2.24, 2.45) is 5.73 Å². The molecule has 1 saturated heterocycles. The molecule has 3 amide bonds. The minimum atomic E-state index is -0.373. The topological polar surface area (TPSA) is 87.5 Å². The summed E-state index contributed by atoms with van der Waals surface area (Å²) in [5, 5.41) is 5.74. The maximum absolute atomic E-state index is 12.4. The van der Waals surface area contributed by atoms with Crippen molar-refractivity contribution >= 4 is 35.7 Å². The lowest BCUT2D eigenvalue weighted by molar-refractivity contribution is -0.116. The minimum absolute atomic E-state index is 0. The van der Waals surface area contributed by atoms with E-state index in [9.17, 15) is 9.59 Å². The van der Waals surface area contributed by atoms with Crippen LogP contribution >= 0.6 is 12.4 Å². The highest BCUT2D eigenvalue weighted by molar-refractivity contribution is 5.99. The summed E-state index contributed by atoms with van der Waals surface area (Å²) >= 11 is 0. The minimum Gasteiger partial charge on any atom is -0.325 e. The molecule has 7 heteroatoms. The highest BCUT2D eigenvalue weighted by Gasteiger charge is 2.19. The van der Waals surface area contributed by atoms with Crippen LogP contribution in [0.25, 0.3) is 0 Å². The van der Waals surface area contributed by atoms with Crippen LogP contribution in [-0.2, 0) is 4.79 Å². The van der Waals surface area contributed by atoms with Gasteiger partial charge in [0.25, 0.3) is 0 Å². The number of urea groups is 1. The standard InChI is InChI=1S/C20H24N4O2.ClH/c21-16(15-8-2-1-3-9-15)14-19(25)22-17-10-4-5-11-18(17)23-20(26)24-12-6-7-13-24;/h1-5,8-11,16H,6-7,12-14,21H2,(H,22,25)(H,23,26);1H. The van der Waals surface area contributed by atoms with Gasteiger partial charge in [0.05, 0.1) is 11.4 Å². The molecule has 1 fully saturated rings. The fraction of sp³-hybridized carbons (Fsp3) is 0.300. The van der Waals surface area contributed by atoms with Gasteiger partial charge in [-0.15, -0.1) is 12.4 Å². The second-order valence-electron chi connectivity index (χ2n) is 6.44. The second-order valence-corrected chi connectivity index (χ2v) is 6.44. The number of rotatable bonds is 5. The molecule has 0 spiro atoms. The number of benzene rings is 2. The Bertz CT molecular complexity index is 764. The summed E-state index contributed by atoms with van der Waals surface area (Å²) in [6.45, 7) is 1.54. The van der Waals surface area contributed by atoms with E-state index < -0.39 is 0 Å². The SMILES string of the molecule is Cl.NC(CC(=O)Nc1ccccc1NC(=O)N1CCCC1)c1ccccc1. The van der Waals surface area contributed by atoms with Crippen molar-refractivity contribution in [3.05, 3.63) is 60.2 Å². The van der Waals surface area contributed by atoms with Crippen LogP contribution in [0.5, 0.6) is 0 Å². The number of anilines is 2. The molecule has 1 unspecified atom stereocenters. The lowest BCUT2D eigenvalue weighted by Gasteiger charge is -2.18. The quantitative estimate of drug-likeness (QED) is 0.728. The van der Waals surface area contributed by atoms with Gasteiger partial charge in [-0.25, -0.2) is 4.79 Å². The lowest BCUT2D eigenvalue weighted by Crippen LogP contribution is -2.32. The first-order chi connectivity index (χ1) is 12.6. The maximum atomic E-state index is 12.4. The number of amides is 3. The normalized spacial score (nSPS) is 14.2. The van der Waals surface area contributed by atoms with Crippen LogP contribution in [0, 0.1) is 0 Å². The van der Waals surface area contributed by atoms with E-state index in [4.69, 9.17) is 5.73 Å². The van der Waals surface area contributed by atoms with Crippen LogP contribution in [0.15, 0.2) is 54.6 Å². The molecule has 1 aliphatic rings. The van der Waals surface area contributed by atoms with E-state index in [1.165, 1.54) is 0 Å². The Morgan fingerprint density at radius 3 is 2.11 bits per heavy atom. The predicted octanol–water partition coefficient (Wildman–Crippen LogP) is 3.76. The van der Waals surface area contributed by atoms with E-state index in [2.05, 4.69) is 10.6 Å². The third kappa shape index (κ3) is 5.70. The van der Waals surface area contributed by atoms with Crippen molar-refractivity contribution in [3.8, 4) is 0 Å². The number of carbonyl (C=O) groups excluding carboxylic acids is 2.